The zero-order valence-electron chi connectivity index (χ0n) is 15.5. The Balaban J connectivity index is 1.25. The number of hydrogen-bond donors (Lipinski definition) is 2. The third kappa shape index (κ3) is 3.70. The molecular weight excluding hydrogens is 418 g/mol. The summed E-state index contributed by atoms with van der Waals surface area (Å²) in [6.45, 7) is 0. The van der Waals surface area contributed by atoms with Crippen molar-refractivity contribution in [3.8, 4) is 5.69 Å². The molecule has 5 aromatic rings. The van der Waals surface area contributed by atoms with Crippen molar-refractivity contribution < 1.29 is 4.79 Å². The highest BCUT2D eigenvalue weighted by molar-refractivity contribution is 8.01. The molecule has 2 N–H and O–H groups in total. The lowest BCUT2D eigenvalue weighted by molar-refractivity contribution is -0.118. The number of aromatic nitrogens is 5. The van der Waals surface area contributed by atoms with E-state index >= 15 is 0 Å². The van der Waals surface area contributed by atoms with Crippen molar-refractivity contribution in [1.82, 2.24) is 30.2 Å². The van der Waals surface area contributed by atoms with Gasteiger partial charge < -0.3 is 0 Å². The van der Waals surface area contributed by atoms with Gasteiger partial charge in [0.25, 0.3) is 0 Å². The van der Waals surface area contributed by atoms with Crippen LogP contribution in [0.2, 0.25) is 0 Å². The first-order chi connectivity index (χ1) is 14.8. The maximum Gasteiger partial charge on any atom is 0.248 e. The smallest absolute Gasteiger partial charge is 0.248 e. The minimum Gasteiger partial charge on any atom is -0.281 e. The Kier molecular flexibility index (Phi) is 4.99. The SMILES string of the molecule is O=C(CSc1nc2ccccc2s1)NNc1ncnc2c1cnn2-c1ccccc1. The van der Waals surface area contributed by atoms with E-state index in [1.165, 1.54) is 18.1 Å². The molecule has 2 aromatic carbocycles. The van der Waals surface area contributed by atoms with E-state index in [2.05, 4.69) is 30.9 Å². The Labute approximate surface area is 179 Å². The number of nitrogens with one attached hydrogen (secondary N) is 2. The summed E-state index contributed by atoms with van der Waals surface area (Å²) in [7, 11) is 0. The second-order valence-corrected chi connectivity index (χ2v) is 8.51. The third-order valence-corrected chi connectivity index (χ3v) is 6.47. The van der Waals surface area contributed by atoms with Gasteiger partial charge in [0.05, 0.1) is 33.2 Å². The molecular formula is C20H15N7OS2. The first-order valence-corrected chi connectivity index (χ1v) is 10.9. The molecule has 0 aliphatic rings. The number of amides is 1. The average molecular weight is 434 g/mol. The Morgan fingerprint density at radius 2 is 1.90 bits per heavy atom. The van der Waals surface area contributed by atoms with Crippen molar-refractivity contribution in [2.24, 2.45) is 0 Å². The minimum atomic E-state index is -0.179. The van der Waals surface area contributed by atoms with E-state index in [0.29, 0.717) is 16.9 Å². The van der Waals surface area contributed by atoms with Crippen LogP contribution in [0.1, 0.15) is 0 Å². The highest BCUT2D eigenvalue weighted by Gasteiger charge is 2.12. The lowest BCUT2D eigenvalue weighted by Gasteiger charge is -2.08. The molecule has 3 aromatic heterocycles. The van der Waals surface area contributed by atoms with Crippen LogP contribution in [0.5, 0.6) is 0 Å². The summed E-state index contributed by atoms with van der Waals surface area (Å²) in [4.78, 5) is 25.4. The van der Waals surface area contributed by atoms with Crippen LogP contribution in [0.4, 0.5) is 5.82 Å². The summed E-state index contributed by atoms with van der Waals surface area (Å²) < 4.78 is 3.70. The molecule has 0 aliphatic carbocycles. The highest BCUT2D eigenvalue weighted by Crippen LogP contribution is 2.29. The largest absolute Gasteiger partial charge is 0.281 e. The molecule has 0 saturated heterocycles. The first kappa shape index (κ1) is 18.5. The van der Waals surface area contributed by atoms with Gasteiger partial charge in [-0.15, -0.1) is 11.3 Å². The number of para-hydroxylation sites is 2. The summed E-state index contributed by atoms with van der Waals surface area (Å²) in [6.07, 6.45) is 3.11. The van der Waals surface area contributed by atoms with Gasteiger partial charge in [-0.05, 0) is 24.3 Å². The van der Waals surface area contributed by atoms with Crippen LogP contribution in [0, 0.1) is 0 Å². The van der Waals surface area contributed by atoms with Crippen LogP contribution in [-0.2, 0) is 4.79 Å². The van der Waals surface area contributed by atoms with Gasteiger partial charge in [0.2, 0.25) is 5.91 Å². The molecule has 0 unspecified atom stereocenters. The van der Waals surface area contributed by atoms with Gasteiger partial charge in [-0.25, -0.2) is 19.6 Å². The standard InChI is InChI=1S/C20H15N7OS2/c28-17(11-29-20-24-15-8-4-5-9-16(15)30-20)25-26-18-14-10-23-27(19(14)22-12-21-18)13-6-2-1-3-7-13/h1-10,12H,11H2,(H,25,28)(H,21,22,26). The quantitative estimate of drug-likeness (QED) is 0.311. The molecule has 0 atom stereocenters. The lowest BCUT2D eigenvalue weighted by Crippen LogP contribution is -2.31. The molecule has 0 fully saturated rings. The van der Waals surface area contributed by atoms with Crippen LogP contribution >= 0.6 is 23.1 Å². The first-order valence-electron chi connectivity index (χ1n) is 9.05. The van der Waals surface area contributed by atoms with E-state index in [-0.39, 0.29) is 11.7 Å². The van der Waals surface area contributed by atoms with Crippen LogP contribution in [0.3, 0.4) is 0 Å². The monoisotopic (exact) mass is 433 g/mol. The molecule has 10 heteroatoms. The Bertz CT molecular complexity index is 1300. The Morgan fingerprint density at radius 1 is 1.07 bits per heavy atom. The van der Waals surface area contributed by atoms with E-state index < -0.39 is 0 Å². The highest BCUT2D eigenvalue weighted by atomic mass is 32.2. The van der Waals surface area contributed by atoms with E-state index in [0.717, 1.165) is 20.2 Å². The zero-order chi connectivity index (χ0) is 20.3. The van der Waals surface area contributed by atoms with Gasteiger partial charge in [-0.1, -0.05) is 42.1 Å². The fourth-order valence-corrected chi connectivity index (χ4v) is 4.78. The molecule has 148 valence electrons. The molecule has 0 bridgehead atoms. The Hall–Kier alpha value is -3.50. The van der Waals surface area contributed by atoms with Gasteiger partial charge in [0.1, 0.15) is 6.33 Å². The number of nitrogens with zero attached hydrogens (tertiary/aromatic N) is 5. The number of thiazole rings is 1. The maximum atomic E-state index is 12.3. The summed E-state index contributed by atoms with van der Waals surface area (Å²) >= 11 is 2.98. The fourth-order valence-electron chi connectivity index (χ4n) is 2.91. The van der Waals surface area contributed by atoms with E-state index in [1.807, 2.05) is 54.6 Å². The second kappa shape index (κ2) is 8.09. The number of thioether (sulfide) groups is 1. The predicted molar refractivity (Wildman–Crippen MR) is 119 cm³/mol. The van der Waals surface area contributed by atoms with Crippen LogP contribution in [0.15, 0.2) is 71.5 Å². The summed E-state index contributed by atoms with van der Waals surface area (Å²) in [5.41, 5.74) is 8.06. The predicted octanol–water partition coefficient (Wildman–Crippen LogP) is 3.66. The summed E-state index contributed by atoms with van der Waals surface area (Å²) in [5.74, 6) is 0.548. The van der Waals surface area contributed by atoms with Gasteiger partial charge in [-0.2, -0.15) is 5.10 Å². The van der Waals surface area contributed by atoms with E-state index in [4.69, 9.17) is 0 Å². The van der Waals surface area contributed by atoms with Gasteiger partial charge in [0, 0.05) is 0 Å². The molecule has 8 nitrogen and oxygen atoms in total. The molecule has 3 heterocycles. The van der Waals surface area contributed by atoms with E-state index in [9.17, 15) is 4.79 Å². The number of fused-ring (bicyclic) bond motifs is 2. The van der Waals surface area contributed by atoms with Gasteiger partial charge >= 0.3 is 0 Å². The molecule has 0 saturated carbocycles. The number of anilines is 1. The Morgan fingerprint density at radius 3 is 2.77 bits per heavy atom. The number of carbonyl (C=O) groups excluding carboxylic acids is 1. The van der Waals surface area contributed by atoms with Crippen LogP contribution < -0.4 is 10.9 Å². The van der Waals surface area contributed by atoms with E-state index in [1.54, 1.807) is 22.2 Å². The molecule has 0 radical (unpaired) electrons. The van der Waals surface area contributed by atoms with Crippen molar-refractivity contribution >= 4 is 56.1 Å². The number of rotatable bonds is 6. The third-order valence-electron chi connectivity index (χ3n) is 4.29. The normalized spacial score (nSPS) is 11.1. The van der Waals surface area contributed by atoms with Crippen molar-refractivity contribution in [1.29, 1.82) is 0 Å². The van der Waals surface area contributed by atoms with Gasteiger partial charge in [0.15, 0.2) is 15.8 Å². The van der Waals surface area contributed by atoms with Crippen molar-refractivity contribution in [2.75, 3.05) is 11.2 Å². The number of hydrogen-bond acceptors (Lipinski definition) is 8. The zero-order valence-corrected chi connectivity index (χ0v) is 17.2. The second-order valence-electron chi connectivity index (χ2n) is 6.26. The average Bonchev–Trinajstić information content (AvgIpc) is 3.41. The molecule has 30 heavy (non-hydrogen) atoms. The number of carbonyl (C=O) groups is 1. The van der Waals surface area contributed by atoms with Gasteiger partial charge in [-0.3, -0.25) is 15.6 Å². The summed E-state index contributed by atoms with van der Waals surface area (Å²) in [6, 6.07) is 17.6. The molecule has 0 aliphatic heterocycles. The van der Waals surface area contributed by atoms with Crippen LogP contribution in [-0.4, -0.2) is 36.4 Å². The topological polar surface area (TPSA) is 97.6 Å². The maximum absolute atomic E-state index is 12.3. The van der Waals surface area contributed by atoms with Crippen molar-refractivity contribution in [2.45, 2.75) is 4.34 Å². The fraction of sp³-hybridized carbons (Fsp3) is 0.0500. The molecule has 0 spiro atoms. The number of benzene rings is 2. The molecule has 5 rings (SSSR count). The van der Waals surface area contributed by atoms with Crippen LogP contribution in [0.25, 0.3) is 26.9 Å². The summed E-state index contributed by atoms with van der Waals surface area (Å²) in [5, 5.41) is 5.11. The molecule has 1 amide bonds. The minimum absolute atomic E-state index is 0.179. The lowest BCUT2D eigenvalue weighted by atomic mass is 10.3. The van der Waals surface area contributed by atoms with Crippen molar-refractivity contribution in [3.05, 3.63) is 67.1 Å². The number of hydrazine groups is 1. The van der Waals surface area contributed by atoms with Crippen molar-refractivity contribution in [3.63, 3.8) is 0 Å².